The first-order chi connectivity index (χ1) is 42.6. The summed E-state index contributed by atoms with van der Waals surface area (Å²) in [4.78, 5) is 5.33. The highest BCUT2D eigenvalue weighted by molar-refractivity contribution is 7.00. The fraction of sp³-hybridized carbons (Fsp3) is 0.190. The molecule has 0 N–H and O–H groups in total. The molecule has 434 valence electrons. The number of fused-ring (bicyclic) bond motifs is 12. The Hall–Kier alpha value is -9.58. The van der Waals surface area contributed by atoms with Gasteiger partial charge in [0.1, 0.15) is 0 Å². The molecule has 2 aromatic heterocycles. The molecule has 0 aliphatic carbocycles. The van der Waals surface area contributed by atoms with E-state index in [1.54, 1.807) is 0 Å². The van der Waals surface area contributed by atoms with Crippen molar-refractivity contribution in [1.29, 1.82) is 0 Å². The Kier molecular flexibility index (Phi) is 12.0. The molecular formula is C84H75BN4. The summed E-state index contributed by atoms with van der Waals surface area (Å²) < 4.78 is 4.96. The largest absolute Gasteiger partial charge is 0.311 e. The van der Waals surface area contributed by atoms with Gasteiger partial charge in [-0.2, -0.15) is 0 Å². The zero-order chi connectivity index (χ0) is 61.2. The third-order valence-corrected chi connectivity index (χ3v) is 19.5. The Balaban J connectivity index is 1.05. The van der Waals surface area contributed by atoms with Gasteiger partial charge in [0.25, 0.3) is 6.71 Å². The smallest absolute Gasteiger partial charge is 0.252 e. The zero-order valence-corrected chi connectivity index (χ0v) is 53.4. The van der Waals surface area contributed by atoms with Crippen molar-refractivity contribution in [1.82, 2.24) is 9.13 Å². The van der Waals surface area contributed by atoms with Crippen LogP contribution in [0.4, 0.5) is 34.1 Å². The Labute approximate surface area is 524 Å². The molecule has 0 spiro atoms. The molecule has 0 bridgehead atoms. The number of hydrogen-bond acceptors (Lipinski definition) is 2. The molecule has 2 aliphatic rings. The first kappa shape index (κ1) is 54.8. The number of benzene rings is 12. The molecule has 0 atom stereocenters. The maximum absolute atomic E-state index is 2.67. The van der Waals surface area contributed by atoms with E-state index in [-0.39, 0.29) is 28.4 Å². The summed E-state index contributed by atoms with van der Waals surface area (Å²) in [7, 11) is 0. The van der Waals surface area contributed by atoms with E-state index in [9.17, 15) is 0 Å². The van der Waals surface area contributed by atoms with Gasteiger partial charge in [0.05, 0.1) is 22.1 Å². The van der Waals surface area contributed by atoms with Gasteiger partial charge in [-0.3, -0.25) is 0 Å². The molecule has 89 heavy (non-hydrogen) atoms. The van der Waals surface area contributed by atoms with Gasteiger partial charge in [0.15, 0.2) is 0 Å². The van der Waals surface area contributed by atoms with E-state index in [1.807, 2.05) is 0 Å². The maximum atomic E-state index is 2.67. The second-order valence-electron chi connectivity index (χ2n) is 29.6. The number of rotatable bonds is 5. The van der Waals surface area contributed by atoms with Crippen LogP contribution in [0.2, 0.25) is 0 Å². The molecule has 2 aliphatic heterocycles. The number of anilines is 6. The van der Waals surface area contributed by atoms with Crippen LogP contribution in [-0.2, 0) is 21.7 Å². The molecule has 0 fully saturated rings. The molecule has 14 aromatic rings. The van der Waals surface area contributed by atoms with Crippen LogP contribution in [0.5, 0.6) is 0 Å². The van der Waals surface area contributed by atoms with Gasteiger partial charge in [-0.25, -0.2) is 0 Å². The average molecular weight is 1150 g/mol. The van der Waals surface area contributed by atoms with Crippen molar-refractivity contribution in [2.45, 2.75) is 105 Å². The standard InChI is InChI=1S/C84H75BN4/c1-81(2,3)58-44-59(82(4,5)6)47-64(46-58)88-76-40-54-27-21-19-25-52(54)37-70(76)85-71-38-53-26-20-22-28-55(53)41-77(71)89(65-48-60(83(7,8)9)45-61(49-65)84(10,11)12)79-43-57(42-78(88)80(79)85)56-35-36-67-69-51-74-68(50-75(69)87(73(67)39-56)63-31-17-14-18-32-63)66-33-23-24-34-72(66)86(74)62-29-15-13-16-30-62/h13-51H,1-12H3. The molecule has 0 saturated carbocycles. The third-order valence-electron chi connectivity index (χ3n) is 19.5. The van der Waals surface area contributed by atoms with Crippen molar-refractivity contribution >= 4 is 122 Å². The quantitative estimate of drug-likeness (QED) is 0.160. The molecule has 4 heterocycles. The molecule has 0 saturated heterocycles. The van der Waals surface area contributed by atoms with Crippen LogP contribution in [-0.4, -0.2) is 15.8 Å². The summed E-state index contributed by atoms with van der Waals surface area (Å²) in [5.74, 6) is 0. The van der Waals surface area contributed by atoms with Gasteiger partial charge in [-0.1, -0.05) is 223 Å². The van der Waals surface area contributed by atoms with Crippen molar-refractivity contribution in [2.24, 2.45) is 0 Å². The van der Waals surface area contributed by atoms with E-state index in [1.165, 1.54) is 138 Å². The zero-order valence-electron chi connectivity index (χ0n) is 53.4. The fourth-order valence-corrected chi connectivity index (χ4v) is 14.7. The molecule has 4 nitrogen and oxygen atoms in total. The monoisotopic (exact) mass is 1150 g/mol. The molecule has 16 rings (SSSR count). The van der Waals surface area contributed by atoms with Gasteiger partial charge < -0.3 is 18.9 Å². The van der Waals surface area contributed by atoms with Crippen LogP contribution < -0.4 is 26.2 Å². The number of aromatic nitrogens is 2. The van der Waals surface area contributed by atoms with Gasteiger partial charge >= 0.3 is 0 Å². The fourth-order valence-electron chi connectivity index (χ4n) is 14.7. The minimum Gasteiger partial charge on any atom is -0.311 e. The molecule has 0 radical (unpaired) electrons. The normalized spacial score (nSPS) is 13.6. The lowest BCUT2D eigenvalue weighted by Gasteiger charge is -2.45. The molecule has 0 amide bonds. The summed E-state index contributed by atoms with van der Waals surface area (Å²) in [5.41, 5.74) is 25.3. The second kappa shape index (κ2) is 19.5. The highest BCUT2D eigenvalue weighted by Gasteiger charge is 2.45. The molecule has 0 unspecified atom stereocenters. The topological polar surface area (TPSA) is 16.3 Å². The van der Waals surface area contributed by atoms with Crippen LogP contribution in [0.25, 0.3) is 87.7 Å². The summed E-state index contributed by atoms with van der Waals surface area (Å²) in [5, 5.41) is 9.85. The Morgan fingerprint density at radius 1 is 0.258 bits per heavy atom. The van der Waals surface area contributed by atoms with Crippen LogP contribution in [0, 0.1) is 0 Å². The lowest BCUT2D eigenvalue weighted by molar-refractivity contribution is 0.568. The predicted molar refractivity (Wildman–Crippen MR) is 384 cm³/mol. The summed E-state index contributed by atoms with van der Waals surface area (Å²) in [6, 6.07) is 91.0. The van der Waals surface area contributed by atoms with Crippen LogP contribution in [0.3, 0.4) is 0 Å². The third kappa shape index (κ3) is 8.78. The van der Waals surface area contributed by atoms with Crippen LogP contribution in [0.1, 0.15) is 105 Å². The van der Waals surface area contributed by atoms with Crippen molar-refractivity contribution in [2.75, 3.05) is 9.80 Å². The molecule has 5 heteroatoms. The Bertz CT molecular complexity index is 4990. The summed E-state index contributed by atoms with van der Waals surface area (Å²) >= 11 is 0. The number of nitrogens with zero attached hydrogens (tertiary/aromatic N) is 4. The van der Waals surface area contributed by atoms with Crippen LogP contribution >= 0.6 is 0 Å². The Morgan fingerprint density at radius 3 is 1.07 bits per heavy atom. The number of hydrogen-bond donors (Lipinski definition) is 0. The minimum atomic E-state index is -0.114. The Morgan fingerprint density at radius 2 is 0.629 bits per heavy atom. The predicted octanol–water partition coefficient (Wildman–Crippen LogP) is 21.1. The van der Waals surface area contributed by atoms with Gasteiger partial charge in [-0.05, 0) is 190 Å². The van der Waals surface area contributed by atoms with Crippen molar-refractivity contribution < 1.29 is 0 Å². The molecular weight excluding hydrogens is 1080 g/mol. The van der Waals surface area contributed by atoms with E-state index in [0.717, 1.165) is 22.5 Å². The van der Waals surface area contributed by atoms with Gasteiger partial charge in [-0.15, -0.1) is 0 Å². The highest BCUT2D eigenvalue weighted by Crippen LogP contribution is 2.51. The minimum absolute atomic E-state index is 0.0906. The SMILES string of the molecule is CC(C)(C)c1cc(N2c3cc4ccccc4cc3B3c4cc5ccccc5cc4N(c4cc(C(C)(C)C)cc(C(C)(C)C)c4)c4cc(-c5ccc6c7cc8c(cc7n(-c7ccccc7)c6c5)c5ccccc5n8-c5ccccc5)cc2c43)cc(C(C)(C)C)c1. The average Bonchev–Trinajstić information content (AvgIpc) is 0.824. The first-order valence-electron chi connectivity index (χ1n) is 31.9. The van der Waals surface area contributed by atoms with E-state index in [2.05, 4.69) is 339 Å². The van der Waals surface area contributed by atoms with E-state index in [4.69, 9.17) is 0 Å². The van der Waals surface area contributed by atoms with E-state index >= 15 is 0 Å². The first-order valence-corrected chi connectivity index (χ1v) is 31.9. The van der Waals surface area contributed by atoms with Crippen molar-refractivity contribution in [3.8, 4) is 22.5 Å². The van der Waals surface area contributed by atoms with E-state index < -0.39 is 0 Å². The lowest BCUT2D eigenvalue weighted by Crippen LogP contribution is -2.61. The van der Waals surface area contributed by atoms with Gasteiger partial charge in [0.2, 0.25) is 0 Å². The highest BCUT2D eigenvalue weighted by atomic mass is 15.2. The van der Waals surface area contributed by atoms with Gasteiger partial charge in [0, 0.05) is 67.0 Å². The maximum Gasteiger partial charge on any atom is 0.252 e. The molecule has 12 aromatic carbocycles. The summed E-state index contributed by atoms with van der Waals surface area (Å²) in [6.45, 7) is 28.3. The summed E-state index contributed by atoms with van der Waals surface area (Å²) in [6.07, 6.45) is 0. The number of para-hydroxylation sites is 3. The second-order valence-corrected chi connectivity index (χ2v) is 29.6. The van der Waals surface area contributed by atoms with Crippen molar-refractivity contribution in [3.63, 3.8) is 0 Å². The van der Waals surface area contributed by atoms with Crippen LogP contribution in [0.15, 0.2) is 237 Å². The van der Waals surface area contributed by atoms with Crippen molar-refractivity contribution in [3.05, 3.63) is 259 Å². The van der Waals surface area contributed by atoms with E-state index in [0.29, 0.717) is 0 Å². The lowest BCUT2D eigenvalue weighted by atomic mass is 9.33.